The molecule has 1 atom stereocenters. The molecule has 0 spiro atoms. The molecular weight excluding hydrogens is 510 g/mol. The van der Waals surface area contributed by atoms with Crippen LogP contribution in [-0.2, 0) is 39.9 Å². The number of carbonyl (C=O) groups is 5. The summed E-state index contributed by atoms with van der Waals surface area (Å²) in [5.74, 6) is -1.37. The maximum Gasteiger partial charge on any atom is 0.255 e. The van der Waals surface area contributed by atoms with Gasteiger partial charge in [0.1, 0.15) is 6.04 Å². The van der Waals surface area contributed by atoms with Crippen LogP contribution in [0, 0.1) is 0 Å². The molecule has 13 nitrogen and oxygen atoms in total. The zero-order chi connectivity index (χ0) is 28.0. The molecule has 1 fully saturated rings. The van der Waals surface area contributed by atoms with E-state index in [1.54, 1.807) is 18.2 Å². The summed E-state index contributed by atoms with van der Waals surface area (Å²) in [5, 5.41) is 10.9. The van der Waals surface area contributed by atoms with E-state index < -0.39 is 11.9 Å². The predicted octanol–water partition coefficient (Wildman–Crippen LogP) is -0.448. The highest BCUT2D eigenvalue weighted by Crippen LogP contribution is 2.32. The summed E-state index contributed by atoms with van der Waals surface area (Å²) >= 11 is 0. The van der Waals surface area contributed by atoms with Gasteiger partial charge >= 0.3 is 0 Å². The summed E-state index contributed by atoms with van der Waals surface area (Å²) in [6, 6.07) is 4.40. The normalized spacial score (nSPS) is 16.7. The predicted molar refractivity (Wildman–Crippen MR) is 140 cm³/mol. The Balaban J connectivity index is 1.25. The van der Waals surface area contributed by atoms with Gasteiger partial charge in [-0.1, -0.05) is 6.07 Å². The topological polar surface area (TPSA) is 164 Å². The minimum atomic E-state index is -0.703. The van der Waals surface area contributed by atoms with Gasteiger partial charge in [-0.3, -0.25) is 29.3 Å². The van der Waals surface area contributed by atoms with Gasteiger partial charge in [0.25, 0.3) is 5.91 Å². The largest absolute Gasteiger partial charge is 0.378 e. The third-order valence-corrected chi connectivity index (χ3v) is 6.17. The number of hydrogen-bond acceptors (Lipinski definition) is 9. The number of nitrogens with zero attached hydrogens (tertiary/aromatic N) is 1. The van der Waals surface area contributed by atoms with Crippen molar-refractivity contribution in [2.24, 2.45) is 0 Å². The summed E-state index contributed by atoms with van der Waals surface area (Å²) in [6.07, 6.45) is 0.704. The van der Waals surface area contributed by atoms with Crippen molar-refractivity contribution in [1.29, 1.82) is 0 Å². The Morgan fingerprint density at radius 3 is 2.36 bits per heavy atom. The van der Waals surface area contributed by atoms with Crippen molar-refractivity contribution in [2.45, 2.75) is 38.8 Å². The van der Waals surface area contributed by atoms with E-state index in [1.807, 2.05) is 0 Å². The summed E-state index contributed by atoms with van der Waals surface area (Å²) in [6.45, 7) is 5.88. The molecule has 0 aliphatic carbocycles. The first kappa shape index (κ1) is 30.2. The SMILES string of the molecule is CC(=O)NCCOCCOCCOCCNCCC(=O)Nc1cccc2c1CN(C1CCC(=O)NC1=O)C2=O. The molecule has 2 aliphatic heterocycles. The summed E-state index contributed by atoms with van der Waals surface area (Å²) in [7, 11) is 0. The fourth-order valence-electron chi connectivity index (χ4n) is 4.23. The van der Waals surface area contributed by atoms with Gasteiger partial charge in [0.15, 0.2) is 0 Å². The fourth-order valence-corrected chi connectivity index (χ4v) is 4.23. The first-order chi connectivity index (χ1) is 18.9. The van der Waals surface area contributed by atoms with Crippen LogP contribution in [0.25, 0.3) is 0 Å². The quantitative estimate of drug-likeness (QED) is 0.149. The summed E-state index contributed by atoms with van der Waals surface area (Å²) in [5.41, 5.74) is 1.66. The van der Waals surface area contributed by atoms with Crippen LogP contribution >= 0.6 is 0 Å². The number of amides is 5. The van der Waals surface area contributed by atoms with Crippen LogP contribution in [0.2, 0.25) is 0 Å². The average Bonchev–Trinajstić information content (AvgIpc) is 3.23. The monoisotopic (exact) mass is 547 g/mol. The molecule has 1 aromatic rings. The van der Waals surface area contributed by atoms with Gasteiger partial charge in [-0.05, 0) is 18.6 Å². The number of carbonyl (C=O) groups excluding carboxylic acids is 5. The molecule has 214 valence electrons. The minimum Gasteiger partial charge on any atom is -0.378 e. The van der Waals surface area contributed by atoms with Crippen molar-refractivity contribution in [1.82, 2.24) is 20.9 Å². The summed E-state index contributed by atoms with van der Waals surface area (Å²) in [4.78, 5) is 61.3. The molecule has 1 saturated heterocycles. The van der Waals surface area contributed by atoms with E-state index in [9.17, 15) is 24.0 Å². The standard InChI is InChI=1S/C26H37N5O8/c1-18(32)28-10-12-38-14-16-39-15-13-37-11-9-27-8-7-24(34)29-21-4-2-3-19-20(21)17-31(26(19)36)22-5-6-23(33)30-25(22)35/h2-4,22,27H,5-17H2,1H3,(H,28,32)(H,29,34)(H,30,33,35). The van der Waals surface area contributed by atoms with Gasteiger partial charge in [0.2, 0.25) is 23.6 Å². The van der Waals surface area contributed by atoms with Crippen LogP contribution in [0.15, 0.2) is 18.2 Å². The third-order valence-electron chi connectivity index (χ3n) is 6.17. The Labute approximate surface area is 227 Å². The molecule has 0 radical (unpaired) electrons. The maximum atomic E-state index is 12.9. The van der Waals surface area contributed by atoms with Crippen molar-refractivity contribution in [3.05, 3.63) is 29.3 Å². The van der Waals surface area contributed by atoms with Gasteiger partial charge in [0, 0.05) is 62.8 Å². The first-order valence-corrected chi connectivity index (χ1v) is 13.1. The van der Waals surface area contributed by atoms with Crippen molar-refractivity contribution in [3.63, 3.8) is 0 Å². The first-order valence-electron chi connectivity index (χ1n) is 13.1. The second kappa shape index (κ2) is 15.9. The van der Waals surface area contributed by atoms with Gasteiger partial charge in [0.05, 0.1) is 39.6 Å². The van der Waals surface area contributed by atoms with Crippen LogP contribution in [0.4, 0.5) is 5.69 Å². The van der Waals surface area contributed by atoms with Crippen LogP contribution < -0.4 is 21.3 Å². The smallest absolute Gasteiger partial charge is 0.255 e. The van der Waals surface area contributed by atoms with E-state index in [0.29, 0.717) is 76.1 Å². The number of nitrogens with one attached hydrogen (secondary N) is 4. The number of imide groups is 1. The van der Waals surface area contributed by atoms with Crippen molar-refractivity contribution >= 4 is 35.2 Å². The second-order valence-corrected chi connectivity index (χ2v) is 9.10. The molecule has 0 aromatic heterocycles. The Morgan fingerprint density at radius 2 is 1.67 bits per heavy atom. The van der Waals surface area contributed by atoms with E-state index in [0.717, 1.165) is 0 Å². The Kier molecular flexibility index (Phi) is 12.3. The third kappa shape index (κ3) is 9.70. The van der Waals surface area contributed by atoms with Gasteiger partial charge in [-0.25, -0.2) is 0 Å². The molecule has 1 unspecified atom stereocenters. The number of hydrogen-bond donors (Lipinski definition) is 4. The molecule has 13 heteroatoms. The Morgan fingerprint density at radius 1 is 0.974 bits per heavy atom. The van der Waals surface area contributed by atoms with E-state index >= 15 is 0 Å². The Bertz CT molecular complexity index is 1030. The maximum absolute atomic E-state index is 12.9. The van der Waals surface area contributed by atoms with Gasteiger partial charge in [-0.2, -0.15) is 0 Å². The highest BCUT2D eigenvalue weighted by atomic mass is 16.5. The van der Waals surface area contributed by atoms with Crippen molar-refractivity contribution < 1.29 is 38.2 Å². The van der Waals surface area contributed by atoms with Crippen LogP contribution in [0.1, 0.15) is 42.1 Å². The molecule has 0 bridgehead atoms. The zero-order valence-electron chi connectivity index (χ0n) is 22.2. The van der Waals surface area contributed by atoms with Crippen LogP contribution in [0.3, 0.4) is 0 Å². The minimum absolute atomic E-state index is 0.0832. The van der Waals surface area contributed by atoms with E-state index in [4.69, 9.17) is 14.2 Å². The van der Waals surface area contributed by atoms with Gasteiger partial charge < -0.3 is 35.1 Å². The molecule has 0 saturated carbocycles. The van der Waals surface area contributed by atoms with Crippen molar-refractivity contribution in [3.8, 4) is 0 Å². The number of rotatable bonds is 17. The zero-order valence-corrected chi connectivity index (χ0v) is 22.2. The van der Waals surface area contributed by atoms with Gasteiger partial charge in [-0.15, -0.1) is 0 Å². The number of benzene rings is 1. The lowest BCUT2D eigenvalue weighted by Gasteiger charge is -2.29. The number of ether oxygens (including phenoxy) is 3. The van der Waals surface area contributed by atoms with E-state index in [1.165, 1.54) is 11.8 Å². The van der Waals surface area contributed by atoms with Crippen LogP contribution in [-0.4, -0.2) is 99.8 Å². The van der Waals surface area contributed by atoms with E-state index in [2.05, 4.69) is 21.3 Å². The highest BCUT2D eigenvalue weighted by molar-refractivity contribution is 6.06. The number of anilines is 1. The lowest BCUT2D eigenvalue weighted by molar-refractivity contribution is -0.137. The number of piperidine rings is 1. The van der Waals surface area contributed by atoms with E-state index in [-0.39, 0.29) is 49.4 Å². The lowest BCUT2D eigenvalue weighted by Crippen LogP contribution is -2.52. The molecule has 2 heterocycles. The molecule has 2 aliphatic rings. The molecule has 39 heavy (non-hydrogen) atoms. The summed E-state index contributed by atoms with van der Waals surface area (Å²) < 4.78 is 16.2. The second-order valence-electron chi connectivity index (χ2n) is 9.10. The fraction of sp³-hybridized carbons (Fsp3) is 0.577. The number of fused-ring (bicyclic) bond motifs is 1. The lowest BCUT2D eigenvalue weighted by atomic mass is 10.0. The molecular formula is C26H37N5O8. The highest BCUT2D eigenvalue weighted by Gasteiger charge is 2.39. The average molecular weight is 548 g/mol. The molecule has 1 aromatic carbocycles. The molecule has 4 N–H and O–H groups in total. The molecule has 5 amide bonds. The Hall–Kier alpha value is -3.39. The van der Waals surface area contributed by atoms with Crippen LogP contribution in [0.5, 0.6) is 0 Å². The van der Waals surface area contributed by atoms with Crippen molar-refractivity contribution in [2.75, 3.05) is 64.6 Å². The molecule has 3 rings (SSSR count).